The monoisotopic (exact) mass is 249 g/mol. The number of hydrogen-bond acceptors (Lipinski definition) is 4. The topological polar surface area (TPSA) is 55.6 Å². The van der Waals surface area contributed by atoms with Crippen molar-refractivity contribution in [3.8, 4) is 0 Å². The molecule has 1 aliphatic heterocycles. The molecule has 1 N–H and O–H groups in total. The second-order valence-electron chi connectivity index (χ2n) is 4.20. The molecule has 0 radical (unpaired) electrons. The molecule has 3 rings (SSSR count). The van der Waals surface area contributed by atoms with Crippen molar-refractivity contribution in [1.29, 1.82) is 0 Å². The average molecular weight is 250 g/mol. The molecular weight excluding hydrogens is 238 g/mol. The van der Waals surface area contributed by atoms with Crippen LogP contribution in [0.4, 0.5) is 5.95 Å². The van der Waals surface area contributed by atoms with E-state index in [2.05, 4.69) is 31.8 Å². The zero-order valence-electron chi connectivity index (χ0n) is 9.34. The summed E-state index contributed by atoms with van der Waals surface area (Å²) >= 11 is 5.75. The van der Waals surface area contributed by atoms with Gasteiger partial charge in [-0.2, -0.15) is 0 Å². The number of anilines is 1. The van der Waals surface area contributed by atoms with Crippen LogP contribution in [0.3, 0.4) is 0 Å². The van der Waals surface area contributed by atoms with Crippen LogP contribution in [0, 0.1) is 0 Å². The second-order valence-corrected chi connectivity index (χ2v) is 4.64. The van der Waals surface area contributed by atoms with Gasteiger partial charge < -0.3 is 9.88 Å². The Bertz CT molecular complexity index is 521. The molecule has 0 fully saturated rings. The summed E-state index contributed by atoms with van der Waals surface area (Å²) in [6.45, 7) is 2.18. The van der Waals surface area contributed by atoms with Crippen LogP contribution in [0.1, 0.15) is 31.3 Å². The number of nitrogens with one attached hydrogen (secondary N) is 1. The van der Waals surface area contributed by atoms with Crippen molar-refractivity contribution in [1.82, 2.24) is 19.5 Å². The van der Waals surface area contributed by atoms with Gasteiger partial charge in [-0.05, 0) is 13.3 Å². The molecule has 6 heteroatoms. The van der Waals surface area contributed by atoms with E-state index in [9.17, 15) is 0 Å². The molecule has 2 aromatic heterocycles. The third-order valence-corrected chi connectivity index (χ3v) is 3.18. The van der Waals surface area contributed by atoms with Gasteiger partial charge in [0.2, 0.25) is 5.95 Å². The maximum atomic E-state index is 5.75. The van der Waals surface area contributed by atoms with Gasteiger partial charge >= 0.3 is 0 Å². The molecule has 0 bridgehead atoms. The number of imidazole rings is 1. The molecule has 0 saturated heterocycles. The lowest BCUT2D eigenvalue weighted by molar-refractivity contribution is 0.562. The Morgan fingerprint density at radius 1 is 1.35 bits per heavy atom. The van der Waals surface area contributed by atoms with Crippen LogP contribution in [0.25, 0.3) is 0 Å². The molecule has 2 unspecified atom stereocenters. The van der Waals surface area contributed by atoms with E-state index >= 15 is 0 Å². The first-order valence-corrected chi connectivity index (χ1v) is 5.88. The Kier molecular flexibility index (Phi) is 2.48. The fourth-order valence-corrected chi connectivity index (χ4v) is 2.29. The third-order valence-electron chi connectivity index (χ3n) is 2.99. The van der Waals surface area contributed by atoms with Gasteiger partial charge in [0, 0.05) is 18.4 Å². The maximum Gasteiger partial charge on any atom is 0.223 e. The highest BCUT2D eigenvalue weighted by Crippen LogP contribution is 2.34. The summed E-state index contributed by atoms with van der Waals surface area (Å²) in [7, 11) is 0. The van der Waals surface area contributed by atoms with Crippen molar-refractivity contribution in [3.63, 3.8) is 0 Å². The minimum absolute atomic E-state index is 0.168. The number of fused-ring (bicyclic) bond motifs is 1. The van der Waals surface area contributed by atoms with Crippen LogP contribution < -0.4 is 5.32 Å². The van der Waals surface area contributed by atoms with E-state index in [1.165, 1.54) is 0 Å². The van der Waals surface area contributed by atoms with Gasteiger partial charge in [0.1, 0.15) is 5.82 Å². The minimum Gasteiger partial charge on any atom is -0.344 e. The van der Waals surface area contributed by atoms with Crippen LogP contribution in [0.2, 0.25) is 5.02 Å². The van der Waals surface area contributed by atoms with Gasteiger partial charge in [0.05, 0.1) is 23.5 Å². The van der Waals surface area contributed by atoms with Crippen LogP contribution in [-0.4, -0.2) is 19.5 Å². The Morgan fingerprint density at radius 2 is 2.12 bits per heavy atom. The van der Waals surface area contributed by atoms with Crippen molar-refractivity contribution < 1.29 is 0 Å². The number of nitrogens with zero attached hydrogens (tertiary/aromatic N) is 4. The largest absolute Gasteiger partial charge is 0.344 e. The fourth-order valence-electron chi connectivity index (χ4n) is 2.19. The summed E-state index contributed by atoms with van der Waals surface area (Å²) in [5.41, 5.74) is 0. The number of halogens is 1. The van der Waals surface area contributed by atoms with Crippen LogP contribution in [-0.2, 0) is 0 Å². The van der Waals surface area contributed by atoms with E-state index in [0.717, 1.165) is 12.2 Å². The second kappa shape index (κ2) is 4.00. The summed E-state index contributed by atoms with van der Waals surface area (Å²) in [5, 5.41) is 3.82. The third kappa shape index (κ3) is 1.86. The summed E-state index contributed by atoms with van der Waals surface area (Å²) in [4.78, 5) is 12.6. The first kappa shape index (κ1) is 10.5. The van der Waals surface area contributed by atoms with Crippen molar-refractivity contribution in [2.24, 2.45) is 0 Å². The van der Waals surface area contributed by atoms with Crippen molar-refractivity contribution >= 4 is 17.5 Å². The van der Waals surface area contributed by atoms with Crippen molar-refractivity contribution in [2.45, 2.75) is 25.4 Å². The predicted molar refractivity (Wildman–Crippen MR) is 65.0 cm³/mol. The summed E-state index contributed by atoms with van der Waals surface area (Å²) in [5.74, 6) is 1.62. The number of aromatic nitrogens is 4. The standard InChI is InChI=1S/C11H12ClN5/c1-7-4-9(10-13-2-3-17(7)10)16-11-14-5-8(12)6-15-11/h2-3,5-7,9H,4H2,1H3,(H,14,15,16). The predicted octanol–water partition coefficient (Wildman–Crippen LogP) is 2.44. The molecule has 3 heterocycles. The summed E-state index contributed by atoms with van der Waals surface area (Å²) in [6.07, 6.45) is 7.99. The molecule has 88 valence electrons. The van der Waals surface area contributed by atoms with E-state index in [0.29, 0.717) is 17.0 Å². The maximum absolute atomic E-state index is 5.75. The minimum atomic E-state index is 0.168. The highest BCUT2D eigenvalue weighted by molar-refractivity contribution is 6.30. The zero-order chi connectivity index (χ0) is 11.8. The van der Waals surface area contributed by atoms with Gasteiger partial charge in [0.15, 0.2) is 0 Å². The van der Waals surface area contributed by atoms with E-state index in [1.807, 2.05) is 12.4 Å². The summed E-state index contributed by atoms with van der Waals surface area (Å²) in [6, 6.07) is 0.624. The Balaban J connectivity index is 1.82. The molecule has 0 aromatic carbocycles. The van der Waals surface area contributed by atoms with Gasteiger partial charge in [-0.15, -0.1) is 0 Å². The highest BCUT2D eigenvalue weighted by Gasteiger charge is 2.29. The number of hydrogen-bond donors (Lipinski definition) is 1. The lowest BCUT2D eigenvalue weighted by Crippen LogP contribution is -2.10. The zero-order valence-corrected chi connectivity index (χ0v) is 10.1. The van der Waals surface area contributed by atoms with E-state index in [-0.39, 0.29) is 6.04 Å². The lowest BCUT2D eigenvalue weighted by Gasteiger charge is -2.10. The Hall–Kier alpha value is -1.62. The molecule has 17 heavy (non-hydrogen) atoms. The van der Waals surface area contributed by atoms with E-state index in [4.69, 9.17) is 11.6 Å². The lowest BCUT2D eigenvalue weighted by atomic mass is 10.2. The molecular formula is C11H12ClN5. The van der Waals surface area contributed by atoms with Crippen LogP contribution in [0.15, 0.2) is 24.8 Å². The number of rotatable bonds is 2. The van der Waals surface area contributed by atoms with Crippen LogP contribution >= 0.6 is 11.6 Å². The molecule has 1 aliphatic rings. The van der Waals surface area contributed by atoms with Crippen molar-refractivity contribution in [2.75, 3.05) is 5.32 Å². The average Bonchev–Trinajstić information content (AvgIpc) is 2.88. The highest BCUT2D eigenvalue weighted by atomic mass is 35.5. The van der Waals surface area contributed by atoms with Gasteiger partial charge in [-0.25, -0.2) is 15.0 Å². The van der Waals surface area contributed by atoms with E-state index < -0.39 is 0 Å². The Morgan fingerprint density at radius 3 is 2.88 bits per heavy atom. The molecule has 0 amide bonds. The normalized spacial score (nSPS) is 22.5. The molecule has 0 spiro atoms. The van der Waals surface area contributed by atoms with Gasteiger partial charge in [-0.3, -0.25) is 0 Å². The quantitative estimate of drug-likeness (QED) is 0.888. The molecule has 0 saturated carbocycles. The Labute approximate surface area is 104 Å². The fraction of sp³-hybridized carbons (Fsp3) is 0.364. The van der Waals surface area contributed by atoms with Gasteiger partial charge in [0.25, 0.3) is 0 Å². The molecule has 2 aromatic rings. The van der Waals surface area contributed by atoms with E-state index in [1.54, 1.807) is 12.4 Å². The van der Waals surface area contributed by atoms with Gasteiger partial charge in [-0.1, -0.05) is 11.6 Å². The van der Waals surface area contributed by atoms with Crippen LogP contribution in [0.5, 0.6) is 0 Å². The SMILES string of the molecule is CC1CC(Nc2ncc(Cl)cn2)c2nccn21. The summed E-state index contributed by atoms with van der Waals surface area (Å²) < 4.78 is 2.17. The first-order valence-electron chi connectivity index (χ1n) is 5.51. The smallest absolute Gasteiger partial charge is 0.223 e. The van der Waals surface area contributed by atoms with Crippen molar-refractivity contribution in [3.05, 3.63) is 35.6 Å². The molecule has 5 nitrogen and oxygen atoms in total. The molecule has 2 atom stereocenters. The molecule has 0 aliphatic carbocycles. The first-order chi connectivity index (χ1) is 8.24.